The first-order chi connectivity index (χ1) is 4.68. The van der Waals surface area contributed by atoms with E-state index in [0.717, 1.165) is 12.8 Å². The minimum absolute atomic E-state index is 0.344. The van der Waals surface area contributed by atoms with Crippen LogP contribution in [-0.2, 0) is 0 Å². The van der Waals surface area contributed by atoms with Gasteiger partial charge in [0.1, 0.15) is 0 Å². The van der Waals surface area contributed by atoms with Crippen LogP contribution in [0.5, 0.6) is 0 Å². The molecule has 0 aliphatic heterocycles. The summed E-state index contributed by atoms with van der Waals surface area (Å²) in [7, 11) is 0. The Hall–Kier alpha value is -0.160. The smallest absolute Gasteiger partial charge is 0.175 e. The Bertz CT molecular complexity index is 45.0. The zero-order valence-corrected chi connectivity index (χ0v) is 6.19. The van der Waals surface area contributed by atoms with Crippen molar-refractivity contribution in [3.8, 4) is 0 Å². The summed E-state index contributed by atoms with van der Waals surface area (Å²) in [6, 6.07) is 0. The highest BCUT2D eigenvalue weighted by molar-refractivity contribution is 4.23. The molecular formula is C6H16O4. The van der Waals surface area contributed by atoms with Gasteiger partial charge in [0.25, 0.3) is 0 Å². The van der Waals surface area contributed by atoms with Gasteiger partial charge in [-0.25, -0.2) is 0 Å². The lowest BCUT2D eigenvalue weighted by molar-refractivity contribution is -0.0747. The van der Waals surface area contributed by atoms with E-state index in [1.165, 1.54) is 0 Å². The second-order valence-electron chi connectivity index (χ2n) is 1.74. The second-order valence-corrected chi connectivity index (χ2v) is 1.74. The Kier molecular flexibility index (Phi) is 14.5. The topological polar surface area (TPSA) is 80.9 Å². The van der Waals surface area contributed by atoms with Crippen LogP contribution >= 0.6 is 0 Å². The van der Waals surface area contributed by atoms with Gasteiger partial charge in [-0.2, -0.15) is 0 Å². The van der Waals surface area contributed by atoms with Gasteiger partial charge >= 0.3 is 0 Å². The molecular weight excluding hydrogens is 136 g/mol. The fraction of sp³-hybridized carbons (Fsp3) is 1.00. The molecule has 0 aliphatic carbocycles. The van der Waals surface area contributed by atoms with Crippen LogP contribution in [0.2, 0.25) is 0 Å². The van der Waals surface area contributed by atoms with Gasteiger partial charge in [0.05, 0.1) is 6.61 Å². The summed E-state index contributed by atoms with van der Waals surface area (Å²) in [5, 5.41) is 31.0. The van der Waals surface area contributed by atoms with Gasteiger partial charge in [-0.15, -0.1) is 0 Å². The summed E-state index contributed by atoms with van der Waals surface area (Å²) in [6.07, 6.45) is 0.478. The summed E-state index contributed by atoms with van der Waals surface area (Å²) in [4.78, 5) is 0. The molecule has 4 N–H and O–H groups in total. The molecule has 0 aromatic heterocycles. The molecule has 0 aromatic rings. The highest BCUT2D eigenvalue weighted by atomic mass is 16.5. The minimum atomic E-state index is -1.56. The predicted octanol–water partition coefficient (Wildman–Crippen LogP) is -0.932. The van der Waals surface area contributed by atoms with Gasteiger partial charge < -0.3 is 20.4 Å². The zero-order valence-electron chi connectivity index (χ0n) is 6.19. The maximum absolute atomic E-state index is 8.07. The standard InChI is InChI=1S/C4H10O.C2H6O3/c1-2-3-4-5;3-1-2(4)5/h5H,2-4H2,1H3;2-5H,1H2. The van der Waals surface area contributed by atoms with E-state index < -0.39 is 12.9 Å². The fourth-order valence-electron chi connectivity index (χ4n) is 0.158. The first-order valence-corrected chi connectivity index (χ1v) is 3.26. The molecule has 0 atom stereocenters. The molecule has 0 amide bonds. The van der Waals surface area contributed by atoms with Crippen LogP contribution in [0.25, 0.3) is 0 Å². The zero-order chi connectivity index (χ0) is 8.41. The number of aliphatic hydroxyl groups excluding tert-OH is 3. The number of hydrogen-bond donors (Lipinski definition) is 4. The molecule has 0 rings (SSSR count). The van der Waals surface area contributed by atoms with Crippen LogP contribution in [0.3, 0.4) is 0 Å². The maximum atomic E-state index is 8.07. The molecule has 0 saturated heterocycles. The van der Waals surface area contributed by atoms with Crippen molar-refractivity contribution < 1.29 is 20.4 Å². The van der Waals surface area contributed by atoms with Crippen LogP contribution < -0.4 is 0 Å². The van der Waals surface area contributed by atoms with Gasteiger partial charge in [-0.1, -0.05) is 13.3 Å². The lowest BCUT2D eigenvalue weighted by atomic mass is 10.4. The van der Waals surface area contributed by atoms with Crippen molar-refractivity contribution >= 4 is 0 Å². The Morgan fingerprint density at radius 1 is 1.20 bits per heavy atom. The van der Waals surface area contributed by atoms with Gasteiger partial charge in [0.15, 0.2) is 6.29 Å². The number of aliphatic hydroxyl groups is 4. The van der Waals surface area contributed by atoms with Crippen LogP contribution in [0.1, 0.15) is 19.8 Å². The Labute approximate surface area is 60.7 Å². The monoisotopic (exact) mass is 152 g/mol. The molecule has 0 unspecified atom stereocenters. The quantitative estimate of drug-likeness (QED) is 0.394. The number of rotatable bonds is 3. The normalized spacial score (nSPS) is 9.00. The predicted molar refractivity (Wildman–Crippen MR) is 37.3 cm³/mol. The molecule has 10 heavy (non-hydrogen) atoms. The molecule has 0 aliphatic rings. The van der Waals surface area contributed by atoms with Crippen molar-refractivity contribution in [3.05, 3.63) is 0 Å². The highest BCUT2D eigenvalue weighted by Gasteiger charge is 1.85. The number of unbranched alkanes of at least 4 members (excludes halogenated alkanes) is 1. The summed E-state index contributed by atoms with van der Waals surface area (Å²) in [5.74, 6) is 0. The third-order valence-corrected chi connectivity index (χ3v) is 0.675. The van der Waals surface area contributed by atoms with Crippen LogP contribution in [-0.4, -0.2) is 39.9 Å². The molecule has 0 saturated carbocycles. The van der Waals surface area contributed by atoms with Gasteiger partial charge in [0.2, 0.25) is 0 Å². The molecule has 0 fully saturated rings. The SMILES string of the molecule is CCCCO.OCC(O)O. The van der Waals surface area contributed by atoms with Crippen LogP contribution in [0.15, 0.2) is 0 Å². The molecule has 0 heterocycles. The molecule has 64 valence electrons. The van der Waals surface area contributed by atoms with Gasteiger partial charge in [-0.3, -0.25) is 0 Å². The minimum Gasteiger partial charge on any atom is -0.396 e. The van der Waals surface area contributed by atoms with Gasteiger partial charge in [0, 0.05) is 6.61 Å². The average molecular weight is 152 g/mol. The second kappa shape index (κ2) is 11.6. The molecule has 0 bridgehead atoms. The third kappa shape index (κ3) is 24.9. The van der Waals surface area contributed by atoms with Crippen molar-refractivity contribution in [1.29, 1.82) is 0 Å². The maximum Gasteiger partial charge on any atom is 0.175 e. The Morgan fingerprint density at radius 3 is 1.60 bits per heavy atom. The van der Waals surface area contributed by atoms with Crippen molar-refractivity contribution in [2.45, 2.75) is 26.1 Å². The van der Waals surface area contributed by atoms with Gasteiger partial charge in [-0.05, 0) is 6.42 Å². The summed E-state index contributed by atoms with van der Waals surface area (Å²) in [5.41, 5.74) is 0. The molecule has 4 nitrogen and oxygen atoms in total. The summed E-state index contributed by atoms with van der Waals surface area (Å²) >= 11 is 0. The third-order valence-electron chi connectivity index (χ3n) is 0.675. The molecule has 0 spiro atoms. The van der Waals surface area contributed by atoms with E-state index in [0.29, 0.717) is 6.61 Å². The number of hydrogen-bond acceptors (Lipinski definition) is 4. The first kappa shape index (κ1) is 12.5. The van der Waals surface area contributed by atoms with Crippen molar-refractivity contribution in [3.63, 3.8) is 0 Å². The molecule has 0 radical (unpaired) electrons. The largest absolute Gasteiger partial charge is 0.396 e. The van der Waals surface area contributed by atoms with Crippen molar-refractivity contribution in [2.24, 2.45) is 0 Å². The summed E-state index contributed by atoms with van der Waals surface area (Å²) < 4.78 is 0. The summed E-state index contributed by atoms with van der Waals surface area (Å²) in [6.45, 7) is 1.81. The lowest BCUT2D eigenvalue weighted by Gasteiger charge is -1.89. The Balaban J connectivity index is 0. The van der Waals surface area contributed by atoms with E-state index in [1.54, 1.807) is 0 Å². The van der Waals surface area contributed by atoms with E-state index in [4.69, 9.17) is 20.4 Å². The van der Waals surface area contributed by atoms with E-state index in [1.807, 2.05) is 0 Å². The van der Waals surface area contributed by atoms with E-state index >= 15 is 0 Å². The Morgan fingerprint density at radius 2 is 1.60 bits per heavy atom. The van der Waals surface area contributed by atoms with E-state index in [9.17, 15) is 0 Å². The molecule has 4 heteroatoms. The van der Waals surface area contributed by atoms with Crippen molar-refractivity contribution in [2.75, 3.05) is 13.2 Å². The van der Waals surface area contributed by atoms with Crippen LogP contribution in [0, 0.1) is 0 Å². The average Bonchev–Trinajstić information content (AvgIpc) is 1.91. The highest BCUT2D eigenvalue weighted by Crippen LogP contribution is 1.78. The fourth-order valence-corrected chi connectivity index (χ4v) is 0.158. The van der Waals surface area contributed by atoms with E-state index in [2.05, 4.69) is 6.92 Å². The van der Waals surface area contributed by atoms with E-state index in [-0.39, 0.29) is 0 Å². The molecule has 0 aromatic carbocycles. The van der Waals surface area contributed by atoms with Crippen LogP contribution in [0.4, 0.5) is 0 Å². The van der Waals surface area contributed by atoms with Crippen molar-refractivity contribution in [1.82, 2.24) is 0 Å². The first-order valence-electron chi connectivity index (χ1n) is 3.26. The lowest BCUT2D eigenvalue weighted by Crippen LogP contribution is -2.08.